The minimum atomic E-state index is -0.0974. The zero-order valence-electron chi connectivity index (χ0n) is 19.9. The van der Waals surface area contributed by atoms with Crippen LogP contribution in [0.25, 0.3) is 38.1 Å². The Morgan fingerprint density at radius 3 is 2.14 bits per heavy atom. The number of fused-ring (bicyclic) bond motifs is 4. The van der Waals surface area contributed by atoms with Crippen molar-refractivity contribution in [1.82, 2.24) is 8.97 Å². The monoisotopic (exact) mass is 468 g/mol. The first-order chi connectivity index (χ1) is 17.1. The maximum absolute atomic E-state index is 14.0. The summed E-state index contributed by atoms with van der Waals surface area (Å²) in [6.07, 6.45) is 1.81. The Morgan fingerprint density at radius 1 is 0.743 bits per heavy atom. The van der Waals surface area contributed by atoms with Gasteiger partial charge in [-0.1, -0.05) is 30.3 Å². The molecule has 0 fully saturated rings. The highest BCUT2D eigenvalue weighted by molar-refractivity contribution is 6.25. The van der Waals surface area contributed by atoms with Crippen molar-refractivity contribution >= 4 is 38.1 Å². The molecule has 0 aliphatic rings. The second-order valence-electron chi connectivity index (χ2n) is 8.44. The molecule has 0 unspecified atom stereocenters. The summed E-state index contributed by atoms with van der Waals surface area (Å²) in [6, 6.07) is 17.8. The van der Waals surface area contributed by atoms with E-state index in [1.165, 1.54) is 0 Å². The molecule has 0 aliphatic heterocycles. The van der Waals surface area contributed by atoms with Gasteiger partial charge in [-0.2, -0.15) is 0 Å². The van der Waals surface area contributed by atoms with E-state index >= 15 is 0 Å². The lowest BCUT2D eigenvalue weighted by Gasteiger charge is -2.13. The molecule has 0 amide bonds. The Labute approximate surface area is 201 Å². The van der Waals surface area contributed by atoms with Crippen LogP contribution in [0.3, 0.4) is 0 Å². The molecule has 35 heavy (non-hydrogen) atoms. The second-order valence-corrected chi connectivity index (χ2v) is 8.44. The van der Waals surface area contributed by atoms with E-state index in [0.717, 1.165) is 38.1 Å². The molecule has 6 aromatic rings. The molecule has 3 aromatic carbocycles. The second kappa shape index (κ2) is 7.84. The minimum Gasteiger partial charge on any atom is -0.493 e. The number of rotatable bonds is 6. The van der Waals surface area contributed by atoms with Gasteiger partial charge in [-0.3, -0.25) is 9.20 Å². The number of hydrogen-bond acceptors (Lipinski definition) is 5. The van der Waals surface area contributed by atoms with Crippen LogP contribution in [0, 0.1) is 0 Å². The molecule has 0 bridgehead atoms. The first-order valence-corrected chi connectivity index (χ1v) is 11.2. The third kappa shape index (κ3) is 2.87. The highest BCUT2D eigenvalue weighted by atomic mass is 16.5. The minimum absolute atomic E-state index is 0.0974. The normalized spacial score (nSPS) is 11.7. The Morgan fingerprint density at radius 2 is 1.46 bits per heavy atom. The van der Waals surface area contributed by atoms with Crippen molar-refractivity contribution in [2.24, 2.45) is 0 Å². The van der Waals surface area contributed by atoms with E-state index in [4.69, 9.17) is 18.9 Å². The lowest BCUT2D eigenvalue weighted by molar-refractivity contribution is 0.355. The fourth-order valence-corrected chi connectivity index (χ4v) is 5.22. The average Bonchev–Trinajstić information content (AvgIpc) is 3.46. The number of aromatic nitrogens is 2. The SMILES string of the molecule is COc1cc2c3c4c(OC)c(OC)cc5ccn(c(=O)c3n(Cc3ccccc3)c2cc1OC)c54. The van der Waals surface area contributed by atoms with E-state index in [0.29, 0.717) is 35.1 Å². The van der Waals surface area contributed by atoms with Gasteiger partial charge in [0.2, 0.25) is 0 Å². The number of methoxy groups -OCH3 is 4. The van der Waals surface area contributed by atoms with Crippen molar-refractivity contribution in [1.29, 1.82) is 0 Å². The van der Waals surface area contributed by atoms with Crippen LogP contribution in [0.2, 0.25) is 0 Å². The lowest BCUT2D eigenvalue weighted by atomic mass is 10.0. The molecule has 0 saturated carbocycles. The fraction of sp³-hybridized carbons (Fsp3) is 0.179. The molecule has 0 spiro atoms. The van der Waals surface area contributed by atoms with Crippen molar-refractivity contribution in [2.45, 2.75) is 6.54 Å². The highest BCUT2D eigenvalue weighted by Crippen LogP contribution is 2.46. The van der Waals surface area contributed by atoms with Gasteiger partial charge in [0, 0.05) is 35.0 Å². The van der Waals surface area contributed by atoms with Crippen molar-refractivity contribution in [3.63, 3.8) is 0 Å². The molecule has 0 aliphatic carbocycles. The number of nitrogens with zero attached hydrogens (tertiary/aromatic N) is 2. The van der Waals surface area contributed by atoms with Gasteiger partial charge >= 0.3 is 0 Å². The predicted octanol–water partition coefficient (Wildman–Crippen LogP) is 5.08. The molecule has 0 radical (unpaired) electrons. The van der Waals surface area contributed by atoms with E-state index in [9.17, 15) is 4.79 Å². The number of ether oxygens (including phenoxy) is 4. The van der Waals surface area contributed by atoms with Gasteiger partial charge in [0.15, 0.2) is 23.0 Å². The Hall–Kier alpha value is -4.39. The van der Waals surface area contributed by atoms with Crippen LogP contribution in [0.1, 0.15) is 5.56 Å². The van der Waals surface area contributed by atoms with Gasteiger partial charge in [0.25, 0.3) is 5.56 Å². The summed E-state index contributed by atoms with van der Waals surface area (Å²) in [5, 5.41) is 3.41. The standard InChI is InChI=1S/C28H24N2O5/c1-32-20-13-18-19(14-21(20)33-2)30(15-16-8-6-5-7-9-16)26-23(18)24-25-17(10-11-29(25)28(26)31)12-22(34-3)27(24)35-4/h5-14H,15H2,1-4H3. The molecule has 0 N–H and O–H groups in total. The van der Waals surface area contributed by atoms with Crippen molar-refractivity contribution in [2.75, 3.05) is 28.4 Å². The molecule has 0 atom stereocenters. The molecule has 7 nitrogen and oxygen atoms in total. The third-order valence-corrected chi connectivity index (χ3v) is 6.74. The zero-order chi connectivity index (χ0) is 24.3. The largest absolute Gasteiger partial charge is 0.493 e. The number of hydrogen-bond donors (Lipinski definition) is 0. The molecular weight excluding hydrogens is 444 g/mol. The van der Waals surface area contributed by atoms with E-state index < -0.39 is 0 Å². The highest BCUT2D eigenvalue weighted by Gasteiger charge is 2.26. The maximum Gasteiger partial charge on any atom is 0.279 e. The third-order valence-electron chi connectivity index (χ3n) is 6.74. The Kier molecular flexibility index (Phi) is 4.74. The van der Waals surface area contributed by atoms with Crippen LogP contribution in [0.5, 0.6) is 23.0 Å². The van der Waals surface area contributed by atoms with Crippen molar-refractivity contribution in [3.8, 4) is 23.0 Å². The van der Waals surface area contributed by atoms with Crippen molar-refractivity contribution < 1.29 is 18.9 Å². The van der Waals surface area contributed by atoms with E-state index in [2.05, 4.69) is 16.7 Å². The number of pyridine rings is 1. The molecule has 6 rings (SSSR count). The quantitative estimate of drug-likeness (QED) is 0.341. The smallest absolute Gasteiger partial charge is 0.279 e. The van der Waals surface area contributed by atoms with Crippen LogP contribution >= 0.6 is 0 Å². The fourth-order valence-electron chi connectivity index (χ4n) is 5.22. The zero-order valence-corrected chi connectivity index (χ0v) is 19.9. The lowest BCUT2D eigenvalue weighted by Crippen LogP contribution is -2.16. The maximum atomic E-state index is 14.0. The van der Waals surface area contributed by atoms with Gasteiger partial charge in [0.05, 0.1) is 44.9 Å². The molecule has 176 valence electrons. The van der Waals surface area contributed by atoms with Crippen LogP contribution in [0.15, 0.2) is 65.6 Å². The molecule has 7 heteroatoms. The Balaban J connectivity index is 1.90. The van der Waals surface area contributed by atoms with Gasteiger partial charge < -0.3 is 23.5 Å². The first-order valence-electron chi connectivity index (χ1n) is 11.2. The molecule has 3 aromatic heterocycles. The summed E-state index contributed by atoms with van der Waals surface area (Å²) in [7, 11) is 6.46. The van der Waals surface area contributed by atoms with Crippen LogP contribution in [0.4, 0.5) is 0 Å². The summed E-state index contributed by atoms with van der Waals surface area (Å²) in [5.74, 6) is 2.38. The molecule has 3 heterocycles. The van der Waals surface area contributed by atoms with Crippen molar-refractivity contribution in [3.05, 3.63) is 76.7 Å². The summed E-state index contributed by atoms with van der Waals surface area (Å²) in [4.78, 5) is 14.0. The predicted molar refractivity (Wildman–Crippen MR) is 137 cm³/mol. The summed E-state index contributed by atoms with van der Waals surface area (Å²) in [5.41, 5.74) is 3.23. The van der Waals surface area contributed by atoms with Gasteiger partial charge in [-0.25, -0.2) is 0 Å². The van der Waals surface area contributed by atoms with Gasteiger partial charge in [-0.15, -0.1) is 0 Å². The average molecular weight is 469 g/mol. The number of benzene rings is 3. The summed E-state index contributed by atoms with van der Waals surface area (Å²) in [6.45, 7) is 0.514. The first kappa shape index (κ1) is 21.2. The van der Waals surface area contributed by atoms with E-state index in [1.54, 1.807) is 32.8 Å². The Bertz CT molecular complexity index is 1780. The topological polar surface area (TPSA) is 63.3 Å². The van der Waals surface area contributed by atoms with Crippen LogP contribution < -0.4 is 24.5 Å². The van der Waals surface area contributed by atoms with Crippen LogP contribution in [-0.2, 0) is 6.54 Å². The molecule has 0 saturated heterocycles. The summed E-state index contributed by atoms with van der Waals surface area (Å²) < 4.78 is 26.6. The van der Waals surface area contributed by atoms with Crippen LogP contribution in [-0.4, -0.2) is 37.4 Å². The molecular formula is C28H24N2O5. The summed E-state index contributed by atoms with van der Waals surface area (Å²) >= 11 is 0. The van der Waals surface area contributed by atoms with Gasteiger partial charge in [-0.05, 0) is 23.8 Å². The van der Waals surface area contributed by atoms with Gasteiger partial charge in [0.1, 0.15) is 5.52 Å². The van der Waals surface area contributed by atoms with E-state index in [-0.39, 0.29) is 5.56 Å². The van der Waals surface area contributed by atoms with E-state index in [1.807, 2.05) is 48.7 Å².